The average molecular weight is 261 g/mol. The molecule has 2 rings (SSSR count). The second-order valence-electron chi connectivity index (χ2n) is 5.70. The number of para-hydroxylation sites is 1. The van der Waals surface area contributed by atoms with Crippen LogP contribution in [0, 0.1) is 5.92 Å². The van der Waals surface area contributed by atoms with Gasteiger partial charge in [-0.1, -0.05) is 38.0 Å². The van der Waals surface area contributed by atoms with Crippen molar-refractivity contribution in [3.05, 3.63) is 29.8 Å². The highest BCUT2D eigenvalue weighted by Gasteiger charge is 2.24. The van der Waals surface area contributed by atoms with Gasteiger partial charge in [-0.3, -0.25) is 0 Å². The number of methoxy groups -OCH3 is 1. The SMILES string of the molecule is CCC(N[C@@H](C)C1CCCC1)c1ccccc1OC. The normalized spacial score (nSPS) is 19.3. The lowest BCUT2D eigenvalue weighted by molar-refractivity contribution is 0.330. The van der Waals surface area contributed by atoms with Gasteiger partial charge in [-0.05, 0) is 38.2 Å². The minimum Gasteiger partial charge on any atom is -0.496 e. The molecule has 2 atom stereocenters. The molecule has 1 aliphatic rings. The third kappa shape index (κ3) is 3.50. The Balaban J connectivity index is 2.06. The summed E-state index contributed by atoms with van der Waals surface area (Å²) in [6.45, 7) is 4.58. The first kappa shape index (κ1) is 14.4. The van der Waals surface area contributed by atoms with E-state index in [0.717, 1.165) is 18.1 Å². The summed E-state index contributed by atoms with van der Waals surface area (Å²) in [6, 6.07) is 9.36. The lowest BCUT2D eigenvalue weighted by Crippen LogP contribution is -2.35. The summed E-state index contributed by atoms with van der Waals surface area (Å²) in [5, 5.41) is 3.82. The van der Waals surface area contributed by atoms with Crippen LogP contribution in [0.2, 0.25) is 0 Å². The summed E-state index contributed by atoms with van der Waals surface area (Å²) in [7, 11) is 1.76. The summed E-state index contributed by atoms with van der Waals surface area (Å²) in [4.78, 5) is 0. The van der Waals surface area contributed by atoms with Crippen molar-refractivity contribution in [3.8, 4) is 5.75 Å². The van der Waals surface area contributed by atoms with Crippen LogP contribution in [0.3, 0.4) is 0 Å². The quantitative estimate of drug-likeness (QED) is 0.823. The highest BCUT2D eigenvalue weighted by molar-refractivity contribution is 5.35. The Kier molecular flexibility index (Phi) is 5.26. The van der Waals surface area contributed by atoms with Crippen LogP contribution in [0.4, 0.5) is 0 Å². The van der Waals surface area contributed by atoms with Crippen molar-refractivity contribution in [1.82, 2.24) is 5.32 Å². The van der Waals surface area contributed by atoms with E-state index in [2.05, 4.69) is 37.4 Å². The zero-order chi connectivity index (χ0) is 13.7. The van der Waals surface area contributed by atoms with Crippen LogP contribution < -0.4 is 10.1 Å². The van der Waals surface area contributed by atoms with E-state index in [4.69, 9.17) is 4.74 Å². The van der Waals surface area contributed by atoms with E-state index in [1.165, 1.54) is 31.2 Å². The Morgan fingerprint density at radius 2 is 1.95 bits per heavy atom. The van der Waals surface area contributed by atoms with E-state index >= 15 is 0 Å². The smallest absolute Gasteiger partial charge is 0.123 e. The summed E-state index contributed by atoms with van der Waals surface area (Å²) in [6.07, 6.45) is 6.68. The second kappa shape index (κ2) is 6.95. The summed E-state index contributed by atoms with van der Waals surface area (Å²) in [5.74, 6) is 1.85. The molecule has 0 radical (unpaired) electrons. The van der Waals surface area contributed by atoms with Crippen molar-refractivity contribution in [2.24, 2.45) is 5.92 Å². The molecule has 0 heterocycles. The predicted octanol–water partition coefficient (Wildman–Crippen LogP) is 4.31. The zero-order valence-corrected chi connectivity index (χ0v) is 12.5. The van der Waals surface area contributed by atoms with E-state index in [9.17, 15) is 0 Å². The van der Waals surface area contributed by atoms with Gasteiger partial charge in [-0.15, -0.1) is 0 Å². The molecular weight excluding hydrogens is 234 g/mol. The molecule has 1 saturated carbocycles. The first-order valence-corrected chi connectivity index (χ1v) is 7.65. The number of ether oxygens (including phenoxy) is 1. The van der Waals surface area contributed by atoms with Gasteiger partial charge in [-0.2, -0.15) is 0 Å². The molecule has 106 valence electrons. The highest BCUT2D eigenvalue weighted by Crippen LogP contribution is 2.31. The molecule has 0 spiro atoms. The molecule has 1 aliphatic carbocycles. The lowest BCUT2D eigenvalue weighted by atomic mass is 9.96. The van der Waals surface area contributed by atoms with E-state index in [1.54, 1.807) is 7.11 Å². The van der Waals surface area contributed by atoms with Gasteiger partial charge in [0.25, 0.3) is 0 Å². The van der Waals surface area contributed by atoms with Crippen molar-refractivity contribution in [2.75, 3.05) is 7.11 Å². The van der Waals surface area contributed by atoms with E-state index in [0.29, 0.717) is 12.1 Å². The third-order valence-electron chi connectivity index (χ3n) is 4.49. The van der Waals surface area contributed by atoms with Gasteiger partial charge in [0, 0.05) is 17.6 Å². The minimum atomic E-state index is 0.395. The number of hydrogen-bond donors (Lipinski definition) is 1. The van der Waals surface area contributed by atoms with Crippen LogP contribution in [-0.4, -0.2) is 13.2 Å². The minimum absolute atomic E-state index is 0.395. The molecule has 1 N–H and O–H groups in total. The molecule has 19 heavy (non-hydrogen) atoms. The van der Waals surface area contributed by atoms with Crippen molar-refractivity contribution in [1.29, 1.82) is 0 Å². The molecule has 1 aromatic carbocycles. The first-order valence-electron chi connectivity index (χ1n) is 7.65. The summed E-state index contributed by atoms with van der Waals surface area (Å²) >= 11 is 0. The maximum atomic E-state index is 5.50. The van der Waals surface area contributed by atoms with Crippen LogP contribution in [0.1, 0.15) is 57.6 Å². The molecule has 1 fully saturated rings. The Hall–Kier alpha value is -1.02. The molecule has 1 aromatic rings. The summed E-state index contributed by atoms with van der Waals surface area (Å²) in [5.41, 5.74) is 1.29. The molecular formula is C17H27NO. The molecule has 1 unspecified atom stereocenters. The fourth-order valence-electron chi connectivity index (χ4n) is 3.29. The fraction of sp³-hybridized carbons (Fsp3) is 0.647. The fourth-order valence-corrected chi connectivity index (χ4v) is 3.29. The average Bonchev–Trinajstić information content (AvgIpc) is 2.98. The van der Waals surface area contributed by atoms with E-state index < -0.39 is 0 Å². The second-order valence-corrected chi connectivity index (χ2v) is 5.70. The van der Waals surface area contributed by atoms with Crippen LogP contribution >= 0.6 is 0 Å². The van der Waals surface area contributed by atoms with Crippen LogP contribution in [0.25, 0.3) is 0 Å². The van der Waals surface area contributed by atoms with Crippen molar-refractivity contribution < 1.29 is 4.74 Å². The molecule has 0 saturated heterocycles. The van der Waals surface area contributed by atoms with Crippen molar-refractivity contribution >= 4 is 0 Å². The van der Waals surface area contributed by atoms with Gasteiger partial charge < -0.3 is 10.1 Å². The third-order valence-corrected chi connectivity index (χ3v) is 4.49. The Morgan fingerprint density at radius 3 is 2.58 bits per heavy atom. The van der Waals surface area contributed by atoms with Gasteiger partial charge in [0.2, 0.25) is 0 Å². The van der Waals surface area contributed by atoms with Gasteiger partial charge in [0.05, 0.1) is 7.11 Å². The van der Waals surface area contributed by atoms with Crippen LogP contribution in [-0.2, 0) is 0 Å². The van der Waals surface area contributed by atoms with Crippen molar-refractivity contribution in [2.45, 2.75) is 58.0 Å². The van der Waals surface area contributed by atoms with E-state index in [1.807, 2.05) is 6.07 Å². The Labute approximate surface area is 117 Å². The largest absolute Gasteiger partial charge is 0.496 e. The first-order chi connectivity index (χ1) is 9.26. The standard InChI is InChI=1S/C17H27NO/c1-4-16(15-11-7-8-12-17(15)19-3)18-13(2)14-9-5-6-10-14/h7-8,11-14,16,18H,4-6,9-10H2,1-3H3/t13-,16?/m0/s1. The van der Waals surface area contributed by atoms with Gasteiger partial charge in [0.1, 0.15) is 5.75 Å². The summed E-state index contributed by atoms with van der Waals surface area (Å²) < 4.78 is 5.50. The maximum absolute atomic E-state index is 5.50. The molecule has 0 aromatic heterocycles. The number of rotatable bonds is 6. The van der Waals surface area contributed by atoms with Gasteiger partial charge in [0.15, 0.2) is 0 Å². The number of nitrogens with one attached hydrogen (secondary N) is 1. The lowest BCUT2D eigenvalue weighted by Gasteiger charge is -2.27. The van der Waals surface area contributed by atoms with Crippen LogP contribution in [0.15, 0.2) is 24.3 Å². The molecule has 0 bridgehead atoms. The monoisotopic (exact) mass is 261 g/mol. The molecule has 2 heteroatoms. The maximum Gasteiger partial charge on any atom is 0.123 e. The Morgan fingerprint density at radius 1 is 1.26 bits per heavy atom. The van der Waals surface area contributed by atoms with Gasteiger partial charge in [-0.25, -0.2) is 0 Å². The predicted molar refractivity (Wildman–Crippen MR) is 80.6 cm³/mol. The number of hydrogen-bond acceptors (Lipinski definition) is 2. The molecule has 0 aliphatic heterocycles. The van der Waals surface area contributed by atoms with Gasteiger partial charge >= 0.3 is 0 Å². The highest BCUT2D eigenvalue weighted by atomic mass is 16.5. The molecule has 0 amide bonds. The zero-order valence-electron chi connectivity index (χ0n) is 12.5. The van der Waals surface area contributed by atoms with Crippen molar-refractivity contribution in [3.63, 3.8) is 0 Å². The van der Waals surface area contributed by atoms with Crippen LogP contribution in [0.5, 0.6) is 5.75 Å². The van der Waals surface area contributed by atoms with E-state index in [-0.39, 0.29) is 0 Å². The number of benzene rings is 1. The Bertz CT molecular complexity index is 385. The topological polar surface area (TPSA) is 21.3 Å². The molecule has 2 nitrogen and oxygen atoms in total.